The van der Waals surface area contributed by atoms with Crippen LogP contribution in [0.4, 0.5) is 5.69 Å². The van der Waals surface area contributed by atoms with E-state index in [1.165, 1.54) is 52.7 Å². The fourth-order valence-corrected chi connectivity index (χ4v) is 4.47. The molecule has 0 radical (unpaired) electrons. The SMILES string of the molecule is CSC1=C(C(=O)OCc2ccc([N+](=O)[O-])cc2)N2C(=O)C[C@H]2S1. The van der Waals surface area contributed by atoms with Gasteiger partial charge in [0, 0.05) is 12.1 Å². The van der Waals surface area contributed by atoms with Crippen LogP contribution in [0.1, 0.15) is 12.0 Å². The summed E-state index contributed by atoms with van der Waals surface area (Å²) in [4.78, 5) is 35.5. The van der Waals surface area contributed by atoms with Gasteiger partial charge in [0.2, 0.25) is 5.91 Å². The number of carbonyl (C=O) groups excluding carboxylic acids is 2. The molecule has 9 heteroatoms. The number of carbonyl (C=O) groups is 2. The summed E-state index contributed by atoms with van der Waals surface area (Å²) in [6, 6.07) is 5.79. The summed E-state index contributed by atoms with van der Waals surface area (Å²) < 4.78 is 6.04. The van der Waals surface area contributed by atoms with Crippen molar-refractivity contribution < 1.29 is 19.2 Å². The fraction of sp³-hybridized carbons (Fsp3) is 0.286. The Morgan fingerprint density at radius 1 is 1.48 bits per heavy atom. The van der Waals surface area contributed by atoms with E-state index in [9.17, 15) is 19.7 Å². The third-order valence-corrected chi connectivity index (χ3v) is 5.89. The number of hydrogen-bond donors (Lipinski definition) is 0. The first-order valence-corrected chi connectivity index (χ1v) is 8.79. The van der Waals surface area contributed by atoms with Crippen LogP contribution in [0.15, 0.2) is 34.2 Å². The van der Waals surface area contributed by atoms with Crippen LogP contribution in [0.5, 0.6) is 0 Å². The zero-order valence-corrected chi connectivity index (χ0v) is 13.7. The summed E-state index contributed by atoms with van der Waals surface area (Å²) in [7, 11) is 0. The molecule has 2 aliphatic rings. The summed E-state index contributed by atoms with van der Waals surface area (Å²) in [6.45, 7) is -0.000642. The summed E-state index contributed by atoms with van der Waals surface area (Å²) >= 11 is 2.92. The van der Waals surface area contributed by atoms with Crippen LogP contribution in [-0.2, 0) is 20.9 Å². The number of nitrogens with zero attached hydrogens (tertiary/aromatic N) is 2. The average molecular weight is 352 g/mol. The molecule has 23 heavy (non-hydrogen) atoms. The Bertz CT molecular complexity index is 716. The van der Waals surface area contributed by atoms with Gasteiger partial charge in [0.15, 0.2) is 5.70 Å². The summed E-state index contributed by atoms with van der Waals surface area (Å²) in [6.07, 6.45) is 2.29. The molecule has 0 N–H and O–H groups in total. The van der Waals surface area contributed by atoms with E-state index < -0.39 is 10.9 Å². The maximum Gasteiger partial charge on any atom is 0.357 e. The quantitative estimate of drug-likeness (QED) is 0.348. The van der Waals surface area contributed by atoms with Crippen molar-refractivity contribution in [2.75, 3.05) is 6.26 Å². The van der Waals surface area contributed by atoms with E-state index in [4.69, 9.17) is 4.74 Å². The monoisotopic (exact) mass is 352 g/mol. The number of β-lactam (4-membered cyclic amide) rings is 1. The molecule has 0 unspecified atom stereocenters. The smallest absolute Gasteiger partial charge is 0.357 e. The first kappa shape index (κ1) is 15.9. The number of nitro benzene ring substituents is 1. The highest BCUT2D eigenvalue weighted by atomic mass is 32.2. The fourth-order valence-electron chi connectivity index (χ4n) is 2.29. The van der Waals surface area contributed by atoms with E-state index in [1.54, 1.807) is 0 Å². The molecule has 1 fully saturated rings. The maximum atomic E-state index is 12.3. The predicted octanol–water partition coefficient (Wildman–Crippen LogP) is 2.48. The Morgan fingerprint density at radius 2 is 2.17 bits per heavy atom. The largest absolute Gasteiger partial charge is 0.456 e. The number of thioether (sulfide) groups is 2. The van der Waals surface area contributed by atoms with Crippen molar-refractivity contribution in [3.05, 3.63) is 49.9 Å². The van der Waals surface area contributed by atoms with Crippen molar-refractivity contribution in [2.24, 2.45) is 0 Å². The van der Waals surface area contributed by atoms with Gasteiger partial charge in [-0.05, 0) is 24.0 Å². The van der Waals surface area contributed by atoms with Gasteiger partial charge in [0.05, 0.1) is 21.0 Å². The highest BCUT2D eigenvalue weighted by molar-refractivity contribution is 8.22. The standard InChI is InChI=1S/C14H12N2O5S2/c1-22-14-12(15-10(17)6-11(15)23-14)13(18)21-7-8-2-4-9(5-3-8)16(19)20/h2-5,11H,6-7H2,1H3/t11-/m1/s1. The molecule has 0 saturated carbocycles. The first-order chi connectivity index (χ1) is 11.0. The van der Waals surface area contributed by atoms with Gasteiger partial charge < -0.3 is 4.74 Å². The van der Waals surface area contributed by atoms with Gasteiger partial charge in [-0.3, -0.25) is 19.8 Å². The van der Waals surface area contributed by atoms with Crippen LogP contribution in [0.25, 0.3) is 0 Å². The number of nitro groups is 1. The van der Waals surface area contributed by atoms with Crippen molar-refractivity contribution in [1.82, 2.24) is 4.90 Å². The zero-order chi connectivity index (χ0) is 16.6. The molecule has 1 amide bonds. The zero-order valence-electron chi connectivity index (χ0n) is 12.1. The first-order valence-electron chi connectivity index (χ1n) is 6.68. The van der Waals surface area contributed by atoms with Crippen LogP contribution in [-0.4, -0.2) is 33.3 Å². The second-order valence-electron chi connectivity index (χ2n) is 4.88. The van der Waals surface area contributed by atoms with Gasteiger partial charge in [0.25, 0.3) is 5.69 Å². The molecule has 0 aromatic heterocycles. The topological polar surface area (TPSA) is 89.8 Å². The van der Waals surface area contributed by atoms with Crippen LogP contribution in [0, 0.1) is 10.1 Å². The second kappa shape index (κ2) is 6.25. The molecule has 0 spiro atoms. The molecular formula is C14H12N2O5S2. The lowest BCUT2D eigenvalue weighted by Crippen LogP contribution is -2.48. The van der Waals surface area contributed by atoms with Crippen LogP contribution in [0.2, 0.25) is 0 Å². The van der Waals surface area contributed by atoms with Crippen molar-refractivity contribution in [2.45, 2.75) is 18.4 Å². The van der Waals surface area contributed by atoms with E-state index in [0.29, 0.717) is 17.7 Å². The van der Waals surface area contributed by atoms with E-state index in [0.717, 1.165) is 4.24 Å². The third kappa shape index (κ3) is 2.93. The minimum Gasteiger partial charge on any atom is -0.456 e. The van der Waals surface area contributed by atoms with Crippen LogP contribution >= 0.6 is 23.5 Å². The minimum absolute atomic E-state index is 0.000642. The van der Waals surface area contributed by atoms with Crippen molar-refractivity contribution in [3.63, 3.8) is 0 Å². The molecule has 3 rings (SSSR count). The van der Waals surface area contributed by atoms with Gasteiger partial charge in [-0.2, -0.15) is 0 Å². The molecule has 1 aromatic rings. The number of benzene rings is 1. The van der Waals surface area contributed by atoms with Gasteiger partial charge in [-0.25, -0.2) is 4.79 Å². The summed E-state index contributed by atoms with van der Waals surface area (Å²) in [5, 5.41) is 10.6. The number of rotatable bonds is 5. The Kier molecular flexibility index (Phi) is 4.31. The number of non-ortho nitro benzene ring substituents is 1. The molecule has 7 nitrogen and oxygen atoms in total. The molecule has 2 aliphatic heterocycles. The number of amides is 1. The molecular weight excluding hydrogens is 340 g/mol. The molecule has 2 heterocycles. The van der Waals surface area contributed by atoms with Crippen molar-refractivity contribution in [1.29, 1.82) is 0 Å². The number of esters is 1. The summed E-state index contributed by atoms with van der Waals surface area (Å²) in [5.74, 6) is -0.621. The van der Waals surface area contributed by atoms with E-state index in [2.05, 4.69) is 0 Å². The third-order valence-electron chi connectivity index (χ3n) is 3.48. The highest BCUT2D eigenvalue weighted by Gasteiger charge is 2.48. The molecule has 1 aromatic carbocycles. The molecule has 0 aliphatic carbocycles. The number of hydrogen-bond acceptors (Lipinski definition) is 7. The Balaban J connectivity index is 1.67. The number of fused-ring (bicyclic) bond motifs is 1. The Labute approximate surface area is 140 Å². The molecule has 1 atom stereocenters. The lowest BCUT2D eigenvalue weighted by Gasteiger charge is -2.34. The van der Waals surface area contributed by atoms with E-state index in [1.807, 2.05) is 6.26 Å². The molecule has 1 saturated heterocycles. The van der Waals surface area contributed by atoms with Gasteiger partial charge in [0.1, 0.15) is 6.61 Å². The maximum absolute atomic E-state index is 12.3. The average Bonchev–Trinajstić information content (AvgIpc) is 2.85. The van der Waals surface area contributed by atoms with E-state index in [-0.39, 0.29) is 23.6 Å². The predicted molar refractivity (Wildman–Crippen MR) is 86.3 cm³/mol. The normalized spacial score (nSPS) is 19.4. The van der Waals surface area contributed by atoms with Gasteiger partial charge >= 0.3 is 5.97 Å². The Morgan fingerprint density at radius 3 is 2.74 bits per heavy atom. The van der Waals surface area contributed by atoms with Crippen LogP contribution < -0.4 is 0 Å². The minimum atomic E-state index is -0.546. The van der Waals surface area contributed by atoms with E-state index >= 15 is 0 Å². The van der Waals surface area contributed by atoms with Crippen molar-refractivity contribution in [3.8, 4) is 0 Å². The number of ether oxygens (including phenoxy) is 1. The van der Waals surface area contributed by atoms with Crippen LogP contribution in [0.3, 0.4) is 0 Å². The molecule has 0 bridgehead atoms. The highest BCUT2D eigenvalue weighted by Crippen LogP contribution is 2.50. The second-order valence-corrected chi connectivity index (χ2v) is 7.14. The molecule has 120 valence electrons. The van der Waals surface area contributed by atoms with Gasteiger partial charge in [-0.15, -0.1) is 11.8 Å². The lowest BCUT2D eigenvalue weighted by atomic mass is 10.2. The summed E-state index contributed by atoms with van der Waals surface area (Å²) in [5.41, 5.74) is 0.937. The lowest BCUT2D eigenvalue weighted by molar-refractivity contribution is -0.384. The van der Waals surface area contributed by atoms with Crippen molar-refractivity contribution >= 4 is 41.1 Å². The van der Waals surface area contributed by atoms with Gasteiger partial charge in [-0.1, -0.05) is 11.8 Å². The Hall–Kier alpha value is -2.00.